The minimum absolute atomic E-state index is 0.221. The lowest BCUT2D eigenvalue weighted by Gasteiger charge is -2.02. The molecule has 0 unspecified atom stereocenters. The average molecular weight is 258 g/mol. The van der Waals surface area contributed by atoms with Gasteiger partial charge in [0, 0.05) is 13.0 Å². The van der Waals surface area contributed by atoms with Crippen molar-refractivity contribution >= 4 is 5.91 Å². The Morgan fingerprint density at radius 2 is 1.44 bits per heavy atom. The van der Waals surface area contributed by atoms with Crippen LogP contribution >= 0.6 is 0 Å². The molecule has 0 aromatic heterocycles. The fourth-order valence-electron chi connectivity index (χ4n) is 1.49. The maximum absolute atomic E-state index is 11.1. The molecule has 3 heteroatoms. The lowest BCUT2D eigenvalue weighted by Crippen LogP contribution is -2.23. The maximum Gasteiger partial charge on any atom is 0.219 e. The van der Waals surface area contributed by atoms with Gasteiger partial charge in [-0.25, -0.2) is 0 Å². The monoisotopic (exact) mass is 258 g/mol. The molecule has 1 amide bonds. The number of carbonyl (C=O) groups is 1. The van der Waals surface area contributed by atoms with Crippen LogP contribution in [0.5, 0.6) is 0 Å². The average Bonchev–Trinajstić information content (AvgIpc) is 2.38. The van der Waals surface area contributed by atoms with E-state index in [1.165, 1.54) is 25.7 Å². The number of nitrogens with one attached hydrogen (secondary N) is 2. The summed E-state index contributed by atoms with van der Waals surface area (Å²) in [5.74, 6) is 0.221. The van der Waals surface area contributed by atoms with Gasteiger partial charge in [-0.05, 0) is 25.9 Å². The standard InChI is InChI=1S/C11H23NO.C4H11N/c1-3-5-6-7-8-9-11(13)12-10-4-2;1-3-5-4-2/h3-10H2,1-2H3,(H,12,13);5H,3-4H2,1-2H3. The predicted molar refractivity (Wildman–Crippen MR) is 80.9 cm³/mol. The molecular weight excluding hydrogens is 224 g/mol. The first-order chi connectivity index (χ1) is 8.72. The summed E-state index contributed by atoms with van der Waals surface area (Å²) < 4.78 is 0. The molecule has 110 valence electrons. The van der Waals surface area contributed by atoms with Crippen LogP contribution in [0, 0.1) is 0 Å². The summed E-state index contributed by atoms with van der Waals surface area (Å²) in [6.45, 7) is 11.5. The van der Waals surface area contributed by atoms with Gasteiger partial charge < -0.3 is 10.6 Å². The van der Waals surface area contributed by atoms with Crippen molar-refractivity contribution in [2.45, 2.75) is 72.6 Å². The molecule has 2 N–H and O–H groups in total. The molecule has 3 nitrogen and oxygen atoms in total. The predicted octanol–water partition coefficient (Wildman–Crippen LogP) is 3.49. The van der Waals surface area contributed by atoms with E-state index in [0.717, 1.165) is 32.5 Å². The van der Waals surface area contributed by atoms with E-state index in [1.807, 2.05) is 0 Å². The number of amides is 1. The minimum atomic E-state index is 0.221. The van der Waals surface area contributed by atoms with Crippen LogP contribution in [0.2, 0.25) is 0 Å². The summed E-state index contributed by atoms with van der Waals surface area (Å²) in [6.07, 6.45) is 7.84. The maximum atomic E-state index is 11.1. The van der Waals surface area contributed by atoms with Gasteiger partial charge >= 0.3 is 0 Å². The highest BCUT2D eigenvalue weighted by atomic mass is 16.1. The summed E-state index contributed by atoms with van der Waals surface area (Å²) in [4.78, 5) is 11.1. The molecule has 0 aromatic rings. The summed E-state index contributed by atoms with van der Waals surface area (Å²) in [5.41, 5.74) is 0. The van der Waals surface area contributed by atoms with Crippen LogP contribution in [0.15, 0.2) is 0 Å². The highest BCUT2D eigenvalue weighted by molar-refractivity contribution is 5.75. The van der Waals surface area contributed by atoms with Gasteiger partial charge in [-0.3, -0.25) is 4.79 Å². The quantitative estimate of drug-likeness (QED) is 0.589. The van der Waals surface area contributed by atoms with Crippen LogP contribution < -0.4 is 10.6 Å². The highest BCUT2D eigenvalue weighted by Gasteiger charge is 1.98. The Labute approximate surface area is 114 Å². The molecule has 0 rings (SSSR count). The Bertz CT molecular complexity index is 159. The zero-order valence-corrected chi connectivity index (χ0v) is 13.0. The molecule has 0 atom stereocenters. The Balaban J connectivity index is 0. The van der Waals surface area contributed by atoms with Crippen LogP contribution in [0.25, 0.3) is 0 Å². The minimum Gasteiger partial charge on any atom is -0.356 e. The first-order valence-corrected chi connectivity index (χ1v) is 7.70. The zero-order valence-electron chi connectivity index (χ0n) is 13.0. The van der Waals surface area contributed by atoms with E-state index < -0.39 is 0 Å². The lowest BCUT2D eigenvalue weighted by atomic mass is 10.1. The molecule has 0 aliphatic rings. The molecule has 0 saturated carbocycles. The SMILES string of the molecule is CCCCCCCC(=O)NCCC.CCNCC. The van der Waals surface area contributed by atoms with E-state index in [9.17, 15) is 4.79 Å². The van der Waals surface area contributed by atoms with Crippen molar-refractivity contribution in [3.05, 3.63) is 0 Å². The van der Waals surface area contributed by atoms with Crippen molar-refractivity contribution in [1.82, 2.24) is 10.6 Å². The van der Waals surface area contributed by atoms with Gasteiger partial charge in [-0.1, -0.05) is 53.4 Å². The fraction of sp³-hybridized carbons (Fsp3) is 0.933. The Morgan fingerprint density at radius 3 is 1.89 bits per heavy atom. The molecule has 0 heterocycles. The molecule has 0 fully saturated rings. The third-order valence-corrected chi connectivity index (χ3v) is 2.58. The van der Waals surface area contributed by atoms with Crippen molar-refractivity contribution in [2.24, 2.45) is 0 Å². The van der Waals surface area contributed by atoms with Crippen molar-refractivity contribution in [1.29, 1.82) is 0 Å². The zero-order chi connectivity index (χ0) is 14.1. The Morgan fingerprint density at radius 1 is 0.833 bits per heavy atom. The van der Waals surface area contributed by atoms with Gasteiger partial charge in [0.1, 0.15) is 0 Å². The lowest BCUT2D eigenvalue weighted by molar-refractivity contribution is -0.121. The first kappa shape index (κ1) is 19.8. The van der Waals surface area contributed by atoms with E-state index in [4.69, 9.17) is 0 Å². The third kappa shape index (κ3) is 20.8. The van der Waals surface area contributed by atoms with Crippen LogP contribution in [-0.2, 0) is 4.79 Å². The molecular formula is C15H34N2O. The van der Waals surface area contributed by atoms with Gasteiger partial charge in [0.2, 0.25) is 5.91 Å². The molecule has 0 spiro atoms. The summed E-state index contributed by atoms with van der Waals surface area (Å²) in [5, 5.41) is 6.00. The molecule has 0 radical (unpaired) electrons. The Kier molecular flexibility index (Phi) is 20.6. The van der Waals surface area contributed by atoms with E-state index in [0.29, 0.717) is 6.42 Å². The number of hydrogen-bond acceptors (Lipinski definition) is 2. The number of unbranched alkanes of at least 4 members (excludes halogenated alkanes) is 4. The van der Waals surface area contributed by atoms with Crippen molar-refractivity contribution < 1.29 is 4.79 Å². The second-order valence-electron chi connectivity index (χ2n) is 4.47. The topological polar surface area (TPSA) is 41.1 Å². The van der Waals surface area contributed by atoms with Crippen LogP contribution in [0.4, 0.5) is 0 Å². The van der Waals surface area contributed by atoms with Gasteiger partial charge in [0.25, 0.3) is 0 Å². The van der Waals surface area contributed by atoms with Crippen molar-refractivity contribution in [3.63, 3.8) is 0 Å². The summed E-state index contributed by atoms with van der Waals surface area (Å²) in [7, 11) is 0. The number of hydrogen-bond donors (Lipinski definition) is 2. The van der Waals surface area contributed by atoms with Crippen LogP contribution in [0.1, 0.15) is 72.6 Å². The molecule has 0 aromatic carbocycles. The molecule has 18 heavy (non-hydrogen) atoms. The molecule has 0 bridgehead atoms. The van der Waals surface area contributed by atoms with Crippen molar-refractivity contribution in [2.75, 3.05) is 19.6 Å². The smallest absolute Gasteiger partial charge is 0.219 e. The normalized spacial score (nSPS) is 9.56. The molecule has 0 saturated heterocycles. The van der Waals surface area contributed by atoms with E-state index in [-0.39, 0.29) is 5.91 Å². The van der Waals surface area contributed by atoms with Gasteiger partial charge in [0.05, 0.1) is 0 Å². The van der Waals surface area contributed by atoms with E-state index in [1.54, 1.807) is 0 Å². The number of rotatable bonds is 10. The Hall–Kier alpha value is -0.570. The molecule has 0 aliphatic carbocycles. The third-order valence-electron chi connectivity index (χ3n) is 2.58. The summed E-state index contributed by atoms with van der Waals surface area (Å²) in [6, 6.07) is 0. The fourth-order valence-corrected chi connectivity index (χ4v) is 1.49. The highest BCUT2D eigenvalue weighted by Crippen LogP contribution is 2.04. The number of carbonyl (C=O) groups excluding carboxylic acids is 1. The van der Waals surface area contributed by atoms with Crippen molar-refractivity contribution in [3.8, 4) is 0 Å². The summed E-state index contributed by atoms with van der Waals surface area (Å²) >= 11 is 0. The van der Waals surface area contributed by atoms with E-state index >= 15 is 0 Å². The first-order valence-electron chi connectivity index (χ1n) is 7.70. The van der Waals surface area contributed by atoms with Gasteiger partial charge in [-0.2, -0.15) is 0 Å². The van der Waals surface area contributed by atoms with E-state index in [2.05, 4.69) is 38.3 Å². The molecule has 0 aliphatic heterocycles. The van der Waals surface area contributed by atoms with Crippen LogP contribution in [0.3, 0.4) is 0 Å². The second-order valence-corrected chi connectivity index (χ2v) is 4.47. The van der Waals surface area contributed by atoms with Crippen LogP contribution in [-0.4, -0.2) is 25.5 Å². The second kappa shape index (κ2) is 18.8. The van der Waals surface area contributed by atoms with Gasteiger partial charge in [0.15, 0.2) is 0 Å². The largest absolute Gasteiger partial charge is 0.356 e. The van der Waals surface area contributed by atoms with Gasteiger partial charge in [-0.15, -0.1) is 0 Å².